The van der Waals surface area contributed by atoms with E-state index in [0.717, 1.165) is 6.54 Å². The molecule has 3 nitrogen and oxygen atoms in total. The molecule has 1 aliphatic heterocycles. The van der Waals surface area contributed by atoms with Crippen molar-refractivity contribution in [1.29, 1.82) is 0 Å². The van der Waals surface area contributed by atoms with Gasteiger partial charge in [0, 0.05) is 18.8 Å². The van der Waals surface area contributed by atoms with Gasteiger partial charge in [-0.05, 0) is 32.1 Å². The molecule has 0 atom stereocenters. The number of rotatable bonds is 16. The quantitative estimate of drug-likeness (QED) is 0.185. The first-order valence-electron chi connectivity index (χ1n) is 10.6. The summed E-state index contributed by atoms with van der Waals surface area (Å²) in [5.41, 5.74) is 0. The number of carbonyl (C=O) groups excluding carboxylic acids is 1. The molecule has 144 valence electrons. The predicted molar refractivity (Wildman–Crippen MR) is 106 cm³/mol. The lowest BCUT2D eigenvalue weighted by molar-refractivity contribution is -0.143. The molecule has 0 saturated heterocycles. The monoisotopic (exact) mass is 349 g/mol. The molecule has 0 unspecified atom stereocenters. The standard InChI is InChI=1S/C22H39NO2/c1-2-3-4-5-6-7-8-9-10-11-12-13-14-15-16-17-19-23-20-18-22(24)25-21-23/h9-10,18,20H,2-8,11-17,19,21H2,1H3. The van der Waals surface area contributed by atoms with Gasteiger partial charge in [0.15, 0.2) is 6.73 Å². The minimum absolute atomic E-state index is 0.225. The molecule has 0 aromatic heterocycles. The minimum Gasteiger partial charge on any atom is -0.441 e. The number of esters is 1. The lowest BCUT2D eigenvalue weighted by Gasteiger charge is -2.22. The van der Waals surface area contributed by atoms with Crippen molar-refractivity contribution in [1.82, 2.24) is 4.90 Å². The van der Waals surface area contributed by atoms with Gasteiger partial charge in [-0.25, -0.2) is 4.79 Å². The first-order valence-corrected chi connectivity index (χ1v) is 10.6. The predicted octanol–water partition coefficient (Wildman–Crippen LogP) is 6.35. The number of unbranched alkanes of at least 4 members (excludes halogenated alkanes) is 12. The van der Waals surface area contributed by atoms with Crippen LogP contribution in [0.5, 0.6) is 0 Å². The van der Waals surface area contributed by atoms with Crippen molar-refractivity contribution in [3.05, 3.63) is 24.4 Å². The van der Waals surface area contributed by atoms with Crippen LogP contribution in [0.1, 0.15) is 96.8 Å². The van der Waals surface area contributed by atoms with E-state index in [1.165, 1.54) is 96.0 Å². The summed E-state index contributed by atoms with van der Waals surface area (Å²) in [7, 11) is 0. The van der Waals surface area contributed by atoms with Crippen molar-refractivity contribution in [3.63, 3.8) is 0 Å². The normalized spacial score (nSPS) is 14.4. The van der Waals surface area contributed by atoms with Crippen LogP contribution in [0.3, 0.4) is 0 Å². The Balaban J connectivity index is 1.76. The molecule has 0 radical (unpaired) electrons. The summed E-state index contributed by atoms with van der Waals surface area (Å²) in [5.74, 6) is -0.225. The zero-order valence-electron chi connectivity index (χ0n) is 16.4. The van der Waals surface area contributed by atoms with Crippen molar-refractivity contribution in [2.75, 3.05) is 13.3 Å². The van der Waals surface area contributed by atoms with E-state index in [1.54, 1.807) is 0 Å². The van der Waals surface area contributed by atoms with Crippen molar-refractivity contribution < 1.29 is 9.53 Å². The van der Waals surface area contributed by atoms with Crippen molar-refractivity contribution in [3.8, 4) is 0 Å². The Hall–Kier alpha value is -1.25. The van der Waals surface area contributed by atoms with E-state index in [-0.39, 0.29) is 5.97 Å². The number of cyclic esters (lactones) is 1. The number of nitrogens with zero attached hydrogens (tertiary/aromatic N) is 1. The fourth-order valence-corrected chi connectivity index (χ4v) is 3.11. The largest absolute Gasteiger partial charge is 0.441 e. The molecule has 0 saturated carbocycles. The molecule has 1 heterocycles. The Kier molecular flexibility index (Phi) is 14.1. The fourth-order valence-electron chi connectivity index (χ4n) is 3.11. The zero-order valence-corrected chi connectivity index (χ0v) is 16.4. The molecule has 1 rings (SSSR count). The zero-order chi connectivity index (χ0) is 18.0. The van der Waals surface area contributed by atoms with Gasteiger partial charge in [-0.3, -0.25) is 0 Å². The summed E-state index contributed by atoms with van der Waals surface area (Å²) < 4.78 is 4.96. The highest BCUT2D eigenvalue weighted by Crippen LogP contribution is 2.10. The average molecular weight is 350 g/mol. The highest BCUT2D eigenvalue weighted by Gasteiger charge is 2.08. The smallest absolute Gasteiger partial charge is 0.333 e. The van der Waals surface area contributed by atoms with Gasteiger partial charge in [0.2, 0.25) is 0 Å². The van der Waals surface area contributed by atoms with Gasteiger partial charge in [-0.1, -0.05) is 76.9 Å². The van der Waals surface area contributed by atoms with Gasteiger partial charge in [-0.15, -0.1) is 0 Å². The lowest BCUT2D eigenvalue weighted by Crippen LogP contribution is -2.27. The van der Waals surface area contributed by atoms with Crippen LogP contribution < -0.4 is 0 Å². The van der Waals surface area contributed by atoms with Crippen LogP contribution in [0.25, 0.3) is 0 Å². The van der Waals surface area contributed by atoms with Gasteiger partial charge in [0.1, 0.15) is 0 Å². The maximum atomic E-state index is 10.9. The molecule has 0 aromatic rings. The topological polar surface area (TPSA) is 29.5 Å². The molecule has 0 spiro atoms. The maximum Gasteiger partial charge on any atom is 0.333 e. The molecule has 0 aromatic carbocycles. The molecular weight excluding hydrogens is 310 g/mol. The van der Waals surface area contributed by atoms with Crippen LogP contribution >= 0.6 is 0 Å². The van der Waals surface area contributed by atoms with Gasteiger partial charge in [-0.2, -0.15) is 0 Å². The molecular formula is C22H39NO2. The van der Waals surface area contributed by atoms with Crippen molar-refractivity contribution >= 4 is 5.97 Å². The van der Waals surface area contributed by atoms with E-state index >= 15 is 0 Å². The lowest BCUT2D eigenvalue weighted by atomic mass is 10.1. The molecule has 0 amide bonds. The van der Waals surface area contributed by atoms with Gasteiger partial charge in [0.25, 0.3) is 0 Å². The molecule has 3 heteroatoms. The van der Waals surface area contributed by atoms with Crippen LogP contribution in [0, 0.1) is 0 Å². The Labute approximate surface area is 155 Å². The van der Waals surface area contributed by atoms with Crippen molar-refractivity contribution in [2.45, 2.75) is 96.8 Å². The molecule has 0 N–H and O–H groups in total. The second-order valence-corrected chi connectivity index (χ2v) is 7.16. The maximum absolute atomic E-state index is 10.9. The molecule has 0 fully saturated rings. The summed E-state index contributed by atoms with van der Waals surface area (Å²) in [6, 6.07) is 0. The van der Waals surface area contributed by atoms with Crippen LogP contribution in [-0.4, -0.2) is 24.1 Å². The highest BCUT2D eigenvalue weighted by atomic mass is 16.5. The van der Waals surface area contributed by atoms with E-state index in [0.29, 0.717) is 6.73 Å². The Bertz CT molecular complexity index is 376. The van der Waals surface area contributed by atoms with E-state index in [4.69, 9.17) is 4.74 Å². The third-order valence-electron chi connectivity index (χ3n) is 4.75. The molecule has 25 heavy (non-hydrogen) atoms. The summed E-state index contributed by atoms with van der Waals surface area (Å²) in [6.45, 7) is 3.68. The Morgan fingerprint density at radius 1 is 0.880 bits per heavy atom. The van der Waals surface area contributed by atoms with Crippen LogP contribution in [0.15, 0.2) is 24.4 Å². The first kappa shape index (κ1) is 21.8. The number of carbonyl (C=O) groups is 1. The molecule has 0 bridgehead atoms. The van der Waals surface area contributed by atoms with Crippen LogP contribution in [-0.2, 0) is 9.53 Å². The SMILES string of the molecule is CCCCCCCCC=CCCCCCCCCN1C=CC(=O)OC1. The van der Waals surface area contributed by atoms with E-state index in [2.05, 4.69) is 24.0 Å². The summed E-state index contributed by atoms with van der Waals surface area (Å²) in [5, 5.41) is 0. The van der Waals surface area contributed by atoms with E-state index < -0.39 is 0 Å². The van der Waals surface area contributed by atoms with E-state index in [9.17, 15) is 4.79 Å². The van der Waals surface area contributed by atoms with E-state index in [1.807, 2.05) is 6.20 Å². The third kappa shape index (κ3) is 13.7. The number of hydrogen-bond donors (Lipinski definition) is 0. The number of allylic oxidation sites excluding steroid dienone is 2. The Morgan fingerprint density at radius 3 is 2.00 bits per heavy atom. The highest BCUT2D eigenvalue weighted by molar-refractivity contribution is 5.82. The summed E-state index contributed by atoms with van der Waals surface area (Å²) >= 11 is 0. The van der Waals surface area contributed by atoms with Crippen molar-refractivity contribution in [2.24, 2.45) is 0 Å². The van der Waals surface area contributed by atoms with Crippen LogP contribution in [0.4, 0.5) is 0 Å². The van der Waals surface area contributed by atoms with Crippen LogP contribution in [0.2, 0.25) is 0 Å². The minimum atomic E-state index is -0.225. The number of hydrogen-bond acceptors (Lipinski definition) is 3. The fraction of sp³-hybridized carbons (Fsp3) is 0.773. The molecule has 0 aliphatic carbocycles. The summed E-state index contributed by atoms with van der Waals surface area (Å²) in [4.78, 5) is 13.0. The second kappa shape index (κ2) is 16.2. The average Bonchev–Trinajstić information content (AvgIpc) is 2.63. The first-order chi connectivity index (χ1) is 12.3. The molecule has 1 aliphatic rings. The van der Waals surface area contributed by atoms with Gasteiger partial charge >= 0.3 is 5.97 Å². The third-order valence-corrected chi connectivity index (χ3v) is 4.75. The summed E-state index contributed by atoms with van der Waals surface area (Å²) in [6.07, 6.45) is 26.8. The number of ether oxygens (including phenoxy) is 1. The van der Waals surface area contributed by atoms with Gasteiger partial charge in [0.05, 0.1) is 0 Å². The van der Waals surface area contributed by atoms with Gasteiger partial charge < -0.3 is 9.64 Å². The Morgan fingerprint density at radius 2 is 1.44 bits per heavy atom. The second-order valence-electron chi connectivity index (χ2n) is 7.16.